The Morgan fingerprint density at radius 1 is 1.22 bits per heavy atom. The van der Waals surface area contributed by atoms with Gasteiger partial charge in [-0.15, -0.1) is 0 Å². The summed E-state index contributed by atoms with van der Waals surface area (Å²) < 4.78 is 0. The molecule has 1 atom stereocenters. The molecule has 100 valence electrons. The highest BCUT2D eigenvalue weighted by Gasteiger charge is 2.24. The Balaban J connectivity index is 2.12. The van der Waals surface area contributed by atoms with Crippen LogP contribution in [0.2, 0.25) is 0 Å². The van der Waals surface area contributed by atoms with Crippen LogP contribution in [0.4, 0.5) is 0 Å². The molecular weight excluding hydrogens is 218 g/mol. The molecule has 1 aliphatic rings. The van der Waals surface area contributed by atoms with Gasteiger partial charge in [-0.1, -0.05) is 49.1 Å². The summed E-state index contributed by atoms with van der Waals surface area (Å²) in [5.74, 6) is 1.67. The maximum absolute atomic E-state index is 3.32. The zero-order chi connectivity index (χ0) is 12.8. The van der Waals surface area contributed by atoms with Crippen LogP contribution in [0, 0.1) is 12.8 Å². The minimum Gasteiger partial charge on any atom is -0.320 e. The highest BCUT2D eigenvalue weighted by molar-refractivity contribution is 5.26. The molecule has 1 aromatic carbocycles. The van der Waals surface area contributed by atoms with Crippen LogP contribution >= 0.6 is 0 Å². The summed E-state index contributed by atoms with van der Waals surface area (Å²) in [4.78, 5) is 0. The largest absolute Gasteiger partial charge is 0.320 e. The SMILES string of the molecule is CNCCC(c1cccc(C)c1)C1CCCCC1. The van der Waals surface area contributed by atoms with Gasteiger partial charge < -0.3 is 5.32 Å². The van der Waals surface area contributed by atoms with Crippen LogP contribution in [0.15, 0.2) is 24.3 Å². The van der Waals surface area contributed by atoms with Gasteiger partial charge >= 0.3 is 0 Å². The molecule has 1 heteroatoms. The zero-order valence-corrected chi connectivity index (χ0v) is 11.9. The normalized spacial score (nSPS) is 18.8. The Kier molecular flexibility index (Phi) is 5.25. The topological polar surface area (TPSA) is 12.0 Å². The third-order valence-corrected chi connectivity index (χ3v) is 4.39. The van der Waals surface area contributed by atoms with Gasteiger partial charge in [-0.2, -0.15) is 0 Å². The molecule has 1 fully saturated rings. The highest BCUT2D eigenvalue weighted by atomic mass is 14.8. The van der Waals surface area contributed by atoms with Gasteiger partial charge in [-0.05, 0) is 57.2 Å². The van der Waals surface area contributed by atoms with Crippen molar-refractivity contribution in [3.8, 4) is 0 Å². The molecule has 0 heterocycles. The van der Waals surface area contributed by atoms with Gasteiger partial charge in [0, 0.05) is 0 Å². The van der Waals surface area contributed by atoms with Crippen LogP contribution in [0.25, 0.3) is 0 Å². The molecule has 1 unspecified atom stereocenters. The Morgan fingerprint density at radius 3 is 2.67 bits per heavy atom. The summed E-state index contributed by atoms with van der Waals surface area (Å²) >= 11 is 0. The first-order valence-corrected chi connectivity index (χ1v) is 7.52. The van der Waals surface area contributed by atoms with Crippen LogP contribution < -0.4 is 5.32 Å². The van der Waals surface area contributed by atoms with Crippen molar-refractivity contribution in [3.63, 3.8) is 0 Å². The number of nitrogens with one attached hydrogen (secondary N) is 1. The number of aryl methyl sites for hydroxylation is 1. The van der Waals surface area contributed by atoms with Gasteiger partial charge in [-0.25, -0.2) is 0 Å². The summed E-state index contributed by atoms with van der Waals surface area (Å²) in [5, 5.41) is 3.32. The molecule has 0 aliphatic heterocycles. The van der Waals surface area contributed by atoms with Crippen molar-refractivity contribution in [1.82, 2.24) is 5.32 Å². The Bertz CT molecular complexity index is 352. The molecule has 0 radical (unpaired) electrons. The van der Waals surface area contributed by atoms with E-state index in [0.29, 0.717) is 0 Å². The molecule has 0 spiro atoms. The first-order valence-electron chi connectivity index (χ1n) is 7.52. The molecule has 0 bridgehead atoms. The molecule has 18 heavy (non-hydrogen) atoms. The lowest BCUT2D eigenvalue weighted by Crippen LogP contribution is -2.21. The fraction of sp³-hybridized carbons (Fsp3) is 0.647. The third-order valence-electron chi connectivity index (χ3n) is 4.39. The smallest absolute Gasteiger partial charge is 0.00460 e. The summed E-state index contributed by atoms with van der Waals surface area (Å²) in [5.41, 5.74) is 2.97. The highest BCUT2D eigenvalue weighted by Crippen LogP contribution is 2.38. The number of benzene rings is 1. The van der Waals surface area contributed by atoms with E-state index in [1.54, 1.807) is 5.56 Å². The molecule has 0 aromatic heterocycles. The predicted molar refractivity (Wildman–Crippen MR) is 79.0 cm³/mol. The summed E-state index contributed by atoms with van der Waals surface area (Å²) in [7, 11) is 2.06. The van der Waals surface area contributed by atoms with Crippen molar-refractivity contribution < 1.29 is 0 Å². The van der Waals surface area contributed by atoms with Crippen LogP contribution in [0.1, 0.15) is 55.6 Å². The van der Waals surface area contributed by atoms with Crippen molar-refractivity contribution in [2.45, 2.75) is 51.4 Å². The first kappa shape index (κ1) is 13.6. The van der Waals surface area contributed by atoms with E-state index in [1.807, 2.05) is 0 Å². The number of hydrogen-bond acceptors (Lipinski definition) is 1. The van der Waals surface area contributed by atoms with Crippen LogP contribution in [0.5, 0.6) is 0 Å². The molecular formula is C17H27N. The monoisotopic (exact) mass is 245 g/mol. The second-order valence-corrected chi connectivity index (χ2v) is 5.81. The number of rotatable bonds is 5. The van der Waals surface area contributed by atoms with Crippen LogP contribution in [0.3, 0.4) is 0 Å². The molecule has 1 nitrogen and oxygen atoms in total. The van der Waals surface area contributed by atoms with Gasteiger partial charge in [0.05, 0.1) is 0 Å². The van der Waals surface area contributed by atoms with Crippen LogP contribution in [-0.2, 0) is 0 Å². The first-order chi connectivity index (χ1) is 8.81. The van der Waals surface area contributed by atoms with Crippen LogP contribution in [-0.4, -0.2) is 13.6 Å². The Morgan fingerprint density at radius 2 is 2.00 bits per heavy atom. The molecule has 1 aliphatic carbocycles. The van der Waals surface area contributed by atoms with Crippen molar-refractivity contribution in [3.05, 3.63) is 35.4 Å². The lowest BCUT2D eigenvalue weighted by atomic mass is 9.75. The van der Waals surface area contributed by atoms with Gasteiger partial charge in [-0.3, -0.25) is 0 Å². The van der Waals surface area contributed by atoms with E-state index in [2.05, 4.69) is 43.6 Å². The van der Waals surface area contributed by atoms with E-state index < -0.39 is 0 Å². The van der Waals surface area contributed by atoms with Crippen molar-refractivity contribution in [1.29, 1.82) is 0 Å². The fourth-order valence-corrected chi connectivity index (χ4v) is 3.41. The second-order valence-electron chi connectivity index (χ2n) is 5.81. The molecule has 2 rings (SSSR count). The van der Waals surface area contributed by atoms with E-state index >= 15 is 0 Å². The van der Waals surface area contributed by atoms with Crippen molar-refractivity contribution in [2.75, 3.05) is 13.6 Å². The molecule has 0 amide bonds. The average molecular weight is 245 g/mol. The Hall–Kier alpha value is -0.820. The lowest BCUT2D eigenvalue weighted by molar-refractivity contribution is 0.293. The molecule has 1 aromatic rings. The second kappa shape index (κ2) is 6.94. The maximum Gasteiger partial charge on any atom is -0.00460 e. The van der Waals surface area contributed by atoms with Crippen molar-refractivity contribution in [2.24, 2.45) is 5.92 Å². The average Bonchev–Trinajstić information content (AvgIpc) is 2.40. The fourth-order valence-electron chi connectivity index (χ4n) is 3.41. The van der Waals surface area contributed by atoms with Crippen molar-refractivity contribution >= 4 is 0 Å². The maximum atomic E-state index is 3.32. The van der Waals surface area contributed by atoms with E-state index in [9.17, 15) is 0 Å². The standard InChI is InChI=1S/C17H27N/c1-14-7-6-10-16(13-14)17(11-12-18-2)15-8-4-3-5-9-15/h6-7,10,13,15,17-18H,3-5,8-9,11-12H2,1-2H3. The van der Waals surface area contributed by atoms with E-state index in [1.165, 1.54) is 44.1 Å². The lowest BCUT2D eigenvalue weighted by Gasteiger charge is -2.31. The molecule has 1 N–H and O–H groups in total. The van der Waals surface area contributed by atoms with Gasteiger partial charge in [0.2, 0.25) is 0 Å². The van der Waals surface area contributed by atoms with E-state index in [-0.39, 0.29) is 0 Å². The third kappa shape index (κ3) is 3.58. The Labute approximate surface area is 112 Å². The summed E-state index contributed by atoms with van der Waals surface area (Å²) in [6, 6.07) is 9.16. The molecule has 0 saturated heterocycles. The minimum atomic E-state index is 0.762. The summed E-state index contributed by atoms with van der Waals surface area (Å²) in [6.07, 6.45) is 8.47. The van der Waals surface area contributed by atoms with E-state index in [4.69, 9.17) is 0 Å². The predicted octanol–water partition coefficient (Wildman–Crippen LogP) is 4.27. The molecule has 1 saturated carbocycles. The quantitative estimate of drug-likeness (QED) is 0.817. The summed E-state index contributed by atoms with van der Waals surface area (Å²) in [6.45, 7) is 3.34. The van der Waals surface area contributed by atoms with Gasteiger partial charge in [0.25, 0.3) is 0 Å². The van der Waals surface area contributed by atoms with Gasteiger partial charge in [0.1, 0.15) is 0 Å². The minimum absolute atomic E-state index is 0.762. The van der Waals surface area contributed by atoms with Gasteiger partial charge in [0.15, 0.2) is 0 Å². The number of hydrogen-bond donors (Lipinski definition) is 1. The van der Waals surface area contributed by atoms with E-state index in [0.717, 1.165) is 18.4 Å². The zero-order valence-electron chi connectivity index (χ0n) is 11.9.